The first-order valence-corrected chi connectivity index (χ1v) is 8.39. The van der Waals surface area contributed by atoms with E-state index in [1.54, 1.807) is 26.4 Å². The van der Waals surface area contributed by atoms with E-state index in [9.17, 15) is 4.79 Å². The predicted molar refractivity (Wildman–Crippen MR) is 105 cm³/mol. The molecule has 0 aliphatic carbocycles. The number of nitrogens with one attached hydrogen (secondary N) is 2. The molecule has 3 rings (SSSR count). The Morgan fingerprint density at radius 2 is 1.54 bits per heavy atom. The Morgan fingerprint density at radius 3 is 2.27 bits per heavy atom. The summed E-state index contributed by atoms with van der Waals surface area (Å²) in [5.74, 6) is 1.14. The van der Waals surface area contributed by atoms with Crippen molar-refractivity contribution < 1.29 is 14.3 Å². The fraction of sp³-hybridized carbons (Fsp3) is 0.190. The fourth-order valence-electron chi connectivity index (χ4n) is 2.76. The third-order valence-corrected chi connectivity index (χ3v) is 4.18. The lowest BCUT2D eigenvalue weighted by molar-refractivity contribution is -0.116. The topological polar surface area (TPSA) is 59.6 Å². The van der Waals surface area contributed by atoms with Crippen LogP contribution < -0.4 is 20.1 Å². The monoisotopic (exact) mass is 350 g/mol. The molecule has 0 aliphatic heterocycles. The van der Waals surface area contributed by atoms with E-state index in [-0.39, 0.29) is 5.91 Å². The highest BCUT2D eigenvalue weighted by molar-refractivity contribution is 5.98. The number of hydrogen-bond donors (Lipinski definition) is 2. The minimum atomic E-state index is -0.417. The van der Waals surface area contributed by atoms with Crippen LogP contribution in [0, 0.1) is 0 Å². The summed E-state index contributed by atoms with van der Waals surface area (Å²) in [4.78, 5) is 12.5. The summed E-state index contributed by atoms with van der Waals surface area (Å²) >= 11 is 0. The van der Waals surface area contributed by atoms with Gasteiger partial charge in [0.15, 0.2) is 11.5 Å². The number of benzene rings is 3. The molecular weight excluding hydrogens is 328 g/mol. The fourth-order valence-corrected chi connectivity index (χ4v) is 2.76. The van der Waals surface area contributed by atoms with Crippen LogP contribution in [-0.2, 0) is 4.79 Å². The maximum Gasteiger partial charge on any atom is 0.246 e. The van der Waals surface area contributed by atoms with E-state index in [0.717, 1.165) is 22.1 Å². The third-order valence-electron chi connectivity index (χ3n) is 4.18. The van der Waals surface area contributed by atoms with Gasteiger partial charge in [0.2, 0.25) is 5.91 Å². The molecule has 0 fully saturated rings. The summed E-state index contributed by atoms with van der Waals surface area (Å²) in [6, 6.07) is 19.0. The number of fused-ring (bicyclic) bond motifs is 1. The van der Waals surface area contributed by atoms with Crippen LogP contribution in [0.25, 0.3) is 10.8 Å². The molecule has 0 saturated carbocycles. The number of hydrogen-bond acceptors (Lipinski definition) is 4. The SMILES string of the molecule is COc1ccc(N[C@H](C)C(=O)Nc2ccc3ccccc3c2)cc1OC. The van der Waals surface area contributed by atoms with Gasteiger partial charge in [0, 0.05) is 17.4 Å². The first-order valence-electron chi connectivity index (χ1n) is 8.39. The van der Waals surface area contributed by atoms with Crippen LogP contribution in [0.15, 0.2) is 60.7 Å². The van der Waals surface area contributed by atoms with E-state index in [1.165, 1.54) is 0 Å². The molecule has 5 heteroatoms. The highest BCUT2D eigenvalue weighted by atomic mass is 16.5. The van der Waals surface area contributed by atoms with Crippen molar-refractivity contribution in [1.29, 1.82) is 0 Å². The Labute approximate surface area is 152 Å². The van der Waals surface area contributed by atoms with E-state index in [1.807, 2.05) is 55.5 Å². The average Bonchev–Trinajstić information content (AvgIpc) is 2.67. The summed E-state index contributed by atoms with van der Waals surface area (Å²) in [5.41, 5.74) is 1.55. The van der Waals surface area contributed by atoms with E-state index < -0.39 is 6.04 Å². The lowest BCUT2D eigenvalue weighted by Gasteiger charge is -2.17. The molecule has 0 aliphatic rings. The smallest absolute Gasteiger partial charge is 0.246 e. The zero-order valence-corrected chi connectivity index (χ0v) is 15.1. The Morgan fingerprint density at radius 1 is 0.846 bits per heavy atom. The maximum absolute atomic E-state index is 12.5. The lowest BCUT2D eigenvalue weighted by atomic mass is 10.1. The van der Waals surface area contributed by atoms with Gasteiger partial charge in [0.05, 0.1) is 14.2 Å². The van der Waals surface area contributed by atoms with Crippen LogP contribution in [0.1, 0.15) is 6.92 Å². The number of rotatable bonds is 6. The molecule has 5 nitrogen and oxygen atoms in total. The van der Waals surface area contributed by atoms with Crippen LogP contribution in [0.5, 0.6) is 11.5 Å². The number of methoxy groups -OCH3 is 2. The van der Waals surface area contributed by atoms with E-state index >= 15 is 0 Å². The van der Waals surface area contributed by atoms with E-state index in [4.69, 9.17) is 9.47 Å². The molecule has 1 atom stereocenters. The summed E-state index contributed by atoms with van der Waals surface area (Å²) < 4.78 is 10.5. The van der Waals surface area contributed by atoms with Gasteiger partial charge in [-0.3, -0.25) is 4.79 Å². The quantitative estimate of drug-likeness (QED) is 0.696. The van der Waals surface area contributed by atoms with Gasteiger partial charge in [-0.15, -0.1) is 0 Å². The summed E-state index contributed by atoms with van der Waals surface area (Å²) in [7, 11) is 3.17. The normalized spacial score (nSPS) is 11.7. The van der Waals surface area contributed by atoms with Gasteiger partial charge in [-0.1, -0.05) is 30.3 Å². The molecule has 3 aromatic carbocycles. The molecule has 0 spiro atoms. The molecular formula is C21H22N2O3. The zero-order valence-electron chi connectivity index (χ0n) is 15.1. The first-order chi connectivity index (χ1) is 12.6. The average molecular weight is 350 g/mol. The molecule has 0 unspecified atom stereocenters. The van der Waals surface area contributed by atoms with Crippen molar-refractivity contribution in [3.63, 3.8) is 0 Å². The molecule has 26 heavy (non-hydrogen) atoms. The van der Waals surface area contributed by atoms with Gasteiger partial charge in [-0.05, 0) is 42.0 Å². The van der Waals surface area contributed by atoms with Crippen molar-refractivity contribution >= 4 is 28.1 Å². The van der Waals surface area contributed by atoms with Gasteiger partial charge >= 0.3 is 0 Å². The molecule has 0 heterocycles. The first kappa shape index (κ1) is 17.6. The highest BCUT2D eigenvalue weighted by Gasteiger charge is 2.14. The van der Waals surface area contributed by atoms with Crippen LogP contribution in [0.2, 0.25) is 0 Å². The van der Waals surface area contributed by atoms with Crippen molar-refractivity contribution in [1.82, 2.24) is 0 Å². The van der Waals surface area contributed by atoms with Gasteiger partial charge in [0.1, 0.15) is 6.04 Å². The predicted octanol–water partition coefficient (Wildman–Crippen LogP) is 4.30. The number of carbonyl (C=O) groups is 1. The van der Waals surface area contributed by atoms with Crippen molar-refractivity contribution in [2.24, 2.45) is 0 Å². The minimum absolute atomic E-state index is 0.116. The lowest BCUT2D eigenvalue weighted by Crippen LogP contribution is -2.31. The highest BCUT2D eigenvalue weighted by Crippen LogP contribution is 2.30. The van der Waals surface area contributed by atoms with Crippen LogP contribution in [0.4, 0.5) is 11.4 Å². The Balaban J connectivity index is 1.69. The second kappa shape index (κ2) is 7.78. The molecule has 2 N–H and O–H groups in total. The molecule has 3 aromatic rings. The van der Waals surface area contributed by atoms with Crippen LogP contribution in [-0.4, -0.2) is 26.2 Å². The number of amides is 1. The molecule has 0 bridgehead atoms. The molecule has 134 valence electrons. The van der Waals surface area contributed by atoms with Crippen molar-refractivity contribution in [3.8, 4) is 11.5 Å². The van der Waals surface area contributed by atoms with Gasteiger partial charge < -0.3 is 20.1 Å². The standard InChI is InChI=1S/C21H22N2O3/c1-14(22-18-10-11-19(25-2)20(13-18)26-3)21(24)23-17-9-8-15-6-4-5-7-16(15)12-17/h4-14,22H,1-3H3,(H,23,24)/t14-/m1/s1. The van der Waals surface area contributed by atoms with Crippen molar-refractivity contribution in [2.75, 3.05) is 24.9 Å². The van der Waals surface area contributed by atoms with E-state index in [0.29, 0.717) is 11.5 Å². The molecule has 0 saturated heterocycles. The van der Waals surface area contributed by atoms with E-state index in [2.05, 4.69) is 10.6 Å². The van der Waals surface area contributed by atoms with Gasteiger partial charge in [0.25, 0.3) is 0 Å². The van der Waals surface area contributed by atoms with Gasteiger partial charge in [-0.25, -0.2) is 0 Å². The second-order valence-corrected chi connectivity index (χ2v) is 5.99. The van der Waals surface area contributed by atoms with Gasteiger partial charge in [-0.2, -0.15) is 0 Å². The Bertz CT molecular complexity index is 924. The number of ether oxygens (including phenoxy) is 2. The summed E-state index contributed by atoms with van der Waals surface area (Å²) in [5, 5.41) is 8.35. The number of carbonyl (C=O) groups excluding carboxylic acids is 1. The summed E-state index contributed by atoms with van der Waals surface area (Å²) in [6.45, 7) is 1.81. The summed E-state index contributed by atoms with van der Waals surface area (Å²) in [6.07, 6.45) is 0. The Kier molecular flexibility index (Phi) is 5.27. The largest absolute Gasteiger partial charge is 0.493 e. The van der Waals surface area contributed by atoms with Crippen molar-refractivity contribution in [3.05, 3.63) is 60.7 Å². The number of anilines is 2. The third kappa shape index (κ3) is 3.88. The molecule has 1 amide bonds. The van der Waals surface area contributed by atoms with Crippen LogP contribution >= 0.6 is 0 Å². The van der Waals surface area contributed by atoms with Crippen molar-refractivity contribution in [2.45, 2.75) is 13.0 Å². The zero-order chi connectivity index (χ0) is 18.5. The molecule has 0 aromatic heterocycles. The minimum Gasteiger partial charge on any atom is -0.493 e. The van der Waals surface area contributed by atoms with Crippen LogP contribution in [0.3, 0.4) is 0 Å². The maximum atomic E-state index is 12.5. The molecule has 0 radical (unpaired) electrons. The second-order valence-electron chi connectivity index (χ2n) is 5.99. The Hall–Kier alpha value is -3.21.